The zero-order valence-electron chi connectivity index (χ0n) is 21.1. The lowest BCUT2D eigenvalue weighted by Crippen LogP contribution is -2.49. The predicted molar refractivity (Wildman–Crippen MR) is 140 cm³/mol. The third kappa shape index (κ3) is 6.39. The maximum Gasteiger partial charge on any atom is 0.255 e. The zero-order valence-corrected chi connectivity index (χ0v) is 21.1. The first-order valence-electron chi connectivity index (χ1n) is 13.1. The van der Waals surface area contributed by atoms with Gasteiger partial charge in [0.05, 0.1) is 23.3 Å². The second kappa shape index (κ2) is 11.6. The van der Waals surface area contributed by atoms with Crippen molar-refractivity contribution in [3.05, 3.63) is 89.4 Å². The van der Waals surface area contributed by atoms with Crippen molar-refractivity contribution in [1.82, 2.24) is 14.7 Å². The number of benzene rings is 2. The van der Waals surface area contributed by atoms with Crippen LogP contribution in [0.25, 0.3) is 0 Å². The van der Waals surface area contributed by atoms with Gasteiger partial charge in [0, 0.05) is 51.5 Å². The Morgan fingerprint density at radius 1 is 0.973 bits per heavy atom. The molecule has 2 aliphatic heterocycles. The molecule has 2 aromatic carbocycles. The molecule has 192 valence electrons. The van der Waals surface area contributed by atoms with Gasteiger partial charge in [0.2, 0.25) is 0 Å². The second-order valence-electron chi connectivity index (χ2n) is 10.1. The summed E-state index contributed by atoms with van der Waals surface area (Å²) in [6, 6.07) is 16.5. The number of ether oxygens (including phenoxy) is 1. The number of rotatable bonds is 6. The third-order valence-corrected chi connectivity index (χ3v) is 7.54. The van der Waals surface area contributed by atoms with Crippen LogP contribution in [-0.4, -0.2) is 65.5 Å². The van der Waals surface area contributed by atoms with E-state index in [1.807, 2.05) is 35.2 Å². The molecular formula is C30H33FN4O2. The van der Waals surface area contributed by atoms with Crippen LogP contribution in [-0.2, 0) is 11.3 Å². The molecule has 2 heterocycles. The normalized spacial score (nSPS) is 22.3. The number of halogens is 1. The number of nitriles is 1. The van der Waals surface area contributed by atoms with Crippen LogP contribution in [0.3, 0.4) is 0 Å². The highest BCUT2D eigenvalue weighted by Gasteiger charge is 2.28. The molecule has 2 aromatic rings. The first kappa shape index (κ1) is 25.0. The minimum absolute atomic E-state index is 0.0974. The summed E-state index contributed by atoms with van der Waals surface area (Å²) in [6.07, 6.45) is 10.3. The Morgan fingerprint density at radius 2 is 1.68 bits per heavy atom. The molecule has 37 heavy (non-hydrogen) atoms. The van der Waals surface area contributed by atoms with Crippen LogP contribution in [0.4, 0.5) is 4.39 Å². The third-order valence-electron chi connectivity index (χ3n) is 7.54. The van der Waals surface area contributed by atoms with Crippen molar-refractivity contribution in [1.29, 1.82) is 5.26 Å². The van der Waals surface area contributed by atoms with E-state index in [2.05, 4.69) is 28.1 Å². The molecule has 0 radical (unpaired) electrons. The molecular weight excluding hydrogens is 467 g/mol. The molecule has 5 rings (SSSR count). The summed E-state index contributed by atoms with van der Waals surface area (Å²) < 4.78 is 19.3. The molecule has 0 unspecified atom stereocenters. The number of carbonyl (C=O) groups is 1. The number of hydrogen-bond acceptors (Lipinski definition) is 5. The standard InChI is InChI=1S/C30H33FN4O2/c31-26-7-3-24(4-8-26)21-33-16-18-34(19-17-33)30(36)25-2-1-15-35(22-25)27-9-13-29(14-10-27)37-28-11-5-23(20-32)6-12-28/h1-8,11-12,22,27,29H,9-10,13-19,21H2. The van der Waals surface area contributed by atoms with Gasteiger partial charge >= 0.3 is 0 Å². The van der Waals surface area contributed by atoms with Crippen LogP contribution >= 0.6 is 0 Å². The van der Waals surface area contributed by atoms with E-state index in [1.165, 1.54) is 12.1 Å². The Bertz CT molecular complexity index is 1170. The average Bonchev–Trinajstić information content (AvgIpc) is 2.95. The summed E-state index contributed by atoms with van der Waals surface area (Å²) >= 11 is 0. The molecule has 0 bridgehead atoms. The van der Waals surface area contributed by atoms with Crippen LogP contribution in [0.1, 0.15) is 36.8 Å². The summed E-state index contributed by atoms with van der Waals surface area (Å²) in [4.78, 5) is 19.8. The van der Waals surface area contributed by atoms with Gasteiger partial charge in [-0.05, 0) is 67.6 Å². The fourth-order valence-electron chi connectivity index (χ4n) is 5.39. The molecule has 0 atom stereocenters. The SMILES string of the molecule is N#Cc1ccc(OC2CCC(N3C=C(C(=O)N4CCN(Cc5ccc(F)cc5)CC4)C=CC3)CC2)cc1. The Labute approximate surface area is 218 Å². The van der Waals surface area contributed by atoms with Gasteiger partial charge in [-0.25, -0.2) is 4.39 Å². The van der Waals surface area contributed by atoms with E-state index in [4.69, 9.17) is 10.00 Å². The molecule has 1 saturated heterocycles. The number of hydrogen-bond donors (Lipinski definition) is 0. The maximum absolute atomic E-state index is 13.3. The van der Waals surface area contributed by atoms with E-state index in [0.717, 1.165) is 68.7 Å². The van der Waals surface area contributed by atoms with E-state index in [-0.39, 0.29) is 17.8 Å². The Balaban J connectivity index is 1.10. The van der Waals surface area contributed by atoms with Crippen molar-refractivity contribution in [2.75, 3.05) is 32.7 Å². The first-order chi connectivity index (χ1) is 18.1. The van der Waals surface area contributed by atoms with Crippen molar-refractivity contribution in [2.45, 2.75) is 44.4 Å². The van der Waals surface area contributed by atoms with E-state index >= 15 is 0 Å². The zero-order chi connectivity index (χ0) is 25.6. The molecule has 1 amide bonds. The van der Waals surface area contributed by atoms with Gasteiger partial charge in [-0.3, -0.25) is 9.69 Å². The fourth-order valence-corrected chi connectivity index (χ4v) is 5.39. The minimum atomic E-state index is -0.216. The summed E-state index contributed by atoms with van der Waals surface area (Å²) in [5.74, 6) is 0.695. The second-order valence-corrected chi connectivity index (χ2v) is 10.1. The maximum atomic E-state index is 13.3. The van der Waals surface area contributed by atoms with Crippen LogP contribution < -0.4 is 4.74 Å². The highest BCUT2D eigenvalue weighted by molar-refractivity contribution is 5.96. The number of amides is 1. The number of carbonyl (C=O) groups excluding carboxylic acids is 1. The predicted octanol–water partition coefficient (Wildman–Crippen LogP) is 4.49. The van der Waals surface area contributed by atoms with E-state index < -0.39 is 0 Å². The van der Waals surface area contributed by atoms with Gasteiger partial charge in [-0.2, -0.15) is 5.26 Å². The summed E-state index contributed by atoms with van der Waals surface area (Å²) in [6.45, 7) is 4.62. The summed E-state index contributed by atoms with van der Waals surface area (Å²) in [5.41, 5.74) is 2.49. The van der Waals surface area contributed by atoms with Gasteiger partial charge in [-0.15, -0.1) is 0 Å². The molecule has 0 spiro atoms. The molecule has 1 aliphatic carbocycles. The van der Waals surface area contributed by atoms with Crippen molar-refractivity contribution < 1.29 is 13.9 Å². The fraction of sp³-hybridized carbons (Fsp3) is 0.400. The van der Waals surface area contributed by atoms with E-state index in [0.29, 0.717) is 24.7 Å². The molecule has 7 heteroatoms. The van der Waals surface area contributed by atoms with Gasteiger partial charge in [0.1, 0.15) is 11.6 Å². The van der Waals surface area contributed by atoms with Gasteiger partial charge in [0.25, 0.3) is 5.91 Å². The average molecular weight is 501 g/mol. The van der Waals surface area contributed by atoms with Gasteiger partial charge in [-0.1, -0.05) is 24.3 Å². The van der Waals surface area contributed by atoms with Crippen molar-refractivity contribution in [2.24, 2.45) is 0 Å². The van der Waals surface area contributed by atoms with Crippen molar-refractivity contribution >= 4 is 5.91 Å². The van der Waals surface area contributed by atoms with E-state index in [1.54, 1.807) is 12.1 Å². The molecule has 0 aromatic heterocycles. The topological polar surface area (TPSA) is 59.8 Å². The highest BCUT2D eigenvalue weighted by Crippen LogP contribution is 2.28. The van der Waals surface area contributed by atoms with Gasteiger partial charge < -0.3 is 14.5 Å². The minimum Gasteiger partial charge on any atom is -0.490 e. The van der Waals surface area contributed by atoms with Crippen LogP contribution in [0.5, 0.6) is 5.75 Å². The summed E-state index contributed by atoms with van der Waals surface area (Å²) in [5, 5.41) is 8.96. The lowest BCUT2D eigenvalue weighted by atomic mass is 9.91. The van der Waals surface area contributed by atoms with Gasteiger partial charge in [0.15, 0.2) is 0 Å². The quantitative estimate of drug-likeness (QED) is 0.585. The molecule has 6 nitrogen and oxygen atoms in total. The molecule has 1 saturated carbocycles. The monoisotopic (exact) mass is 500 g/mol. The smallest absolute Gasteiger partial charge is 0.255 e. The lowest BCUT2D eigenvalue weighted by Gasteiger charge is -2.38. The van der Waals surface area contributed by atoms with Crippen LogP contribution in [0.2, 0.25) is 0 Å². The Kier molecular flexibility index (Phi) is 7.86. The van der Waals surface area contributed by atoms with E-state index in [9.17, 15) is 9.18 Å². The Morgan fingerprint density at radius 3 is 2.35 bits per heavy atom. The Hall–Kier alpha value is -3.63. The van der Waals surface area contributed by atoms with Crippen molar-refractivity contribution in [3.8, 4) is 11.8 Å². The van der Waals surface area contributed by atoms with Crippen molar-refractivity contribution in [3.63, 3.8) is 0 Å². The summed E-state index contributed by atoms with van der Waals surface area (Å²) in [7, 11) is 0. The lowest BCUT2D eigenvalue weighted by molar-refractivity contribution is -0.128. The molecule has 3 aliphatic rings. The number of piperazine rings is 1. The van der Waals surface area contributed by atoms with Crippen LogP contribution in [0.15, 0.2) is 72.5 Å². The molecule has 0 N–H and O–H groups in total. The largest absolute Gasteiger partial charge is 0.490 e. The number of nitrogens with zero attached hydrogens (tertiary/aromatic N) is 4. The first-order valence-corrected chi connectivity index (χ1v) is 13.1. The molecule has 2 fully saturated rings. The van der Waals surface area contributed by atoms with Crippen LogP contribution in [0, 0.1) is 17.1 Å². The highest BCUT2D eigenvalue weighted by atomic mass is 19.1.